The molecule has 0 unspecified atom stereocenters. The molecule has 0 aliphatic carbocycles. The van der Waals surface area contributed by atoms with Gasteiger partial charge in [0, 0.05) is 44.3 Å². The molecule has 30 heavy (non-hydrogen) atoms. The number of carbonyl (C=O) groups excluding carboxylic acids is 1. The lowest BCUT2D eigenvalue weighted by Crippen LogP contribution is -2.42. The van der Waals surface area contributed by atoms with E-state index in [1.165, 1.54) is 0 Å². The molecule has 7 heteroatoms. The normalized spacial score (nSPS) is 21.6. The number of carbonyl (C=O) groups is 1. The van der Waals surface area contributed by atoms with Crippen molar-refractivity contribution < 1.29 is 19.4 Å². The highest BCUT2D eigenvalue weighted by atomic mass is 16.5. The Hall–Kier alpha value is -1.83. The van der Waals surface area contributed by atoms with Gasteiger partial charge in [0.1, 0.15) is 6.10 Å². The molecule has 2 aliphatic rings. The molecule has 7 nitrogen and oxygen atoms in total. The Bertz CT molecular complexity index is 689. The predicted molar refractivity (Wildman–Crippen MR) is 117 cm³/mol. The number of piperidine rings is 2. The van der Waals surface area contributed by atoms with Gasteiger partial charge in [-0.05, 0) is 64.3 Å². The Morgan fingerprint density at radius 1 is 1.20 bits per heavy atom. The first-order chi connectivity index (χ1) is 14.5. The van der Waals surface area contributed by atoms with Gasteiger partial charge in [-0.15, -0.1) is 0 Å². The maximum absolute atomic E-state index is 12.6. The first kappa shape index (κ1) is 22.8. The van der Waals surface area contributed by atoms with E-state index in [0.717, 1.165) is 51.9 Å². The molecular weight excluding hydrogens is 382 g/mol. The summed E-state index contributed by atoms with van der Waals surface area (Å²) in [6.07, 6.45) is 3.71. The molecule has 0 saturated carbocycles. The largest absolute Gasteiger partial charge is 0.493 e. The molecule has 2 saturated heterocycles. The van der Waals surface area contributed by atoms with Gasteiger partial charge in [0.25, 0.3) is 5.91 Å². The number of methoxy groups -OCH3 is 1. The molecule has 2 heterocycles. The standard InChI is InChI=1S/C23H37N3O4/c1-17(2)26-12-8-20(9-13-26)30-22-15-18(6-7-21(22)29-3)23(28)24-10-14-25-11-4-5-19(27)16-25/h6-7,15,17,19-20,27H,4-5,8-14,16H2,1-3H3,(H,24,28)/t19-/m1/s1. The van der Waals surface area contributed by atoms with Crippen LogP contribution in [0.4, 0.5) is 0 Å². The number of ether oxygens (including phenoxy) is 2. The predicted octanol–water partition coefficient (Wildman–Crippen LogP) is 2.13. The summed E-state index contributed by atoms with van der Waals surface area (Å²) >= 11 is 0. The van der Waals surface area contributed by atoms with E-state index in [2.05, 4.69) is 29.0 Å². The van der Waals surface area contributed by atoms with E-state index in [-0.39, 0.29) is 18.1 Å². The fourth-order valence-corrected chi connectivity index (χ4v) is 4.26. The van der Waals surface area contributed by atoms with Crippen molar-refractivity contribution in [2.24, 2.45) is 0 Å². The van der Waals surface area contributed by atoms with Crippen molar-refractivity contribution >= 4 is 5.91 Å². The molecule has 0 bridgehead atoms. The van der Waals surface area contributed by atoms with Crippen LogP contribution in [-0.4, -0.2) is 85.4 Å². The fraction of sp³-hybridized carbons (Fsp3) is 0.696. The number of rotatable bonds is 8. The van der Waals surface area contributed by atoms with Crippen LogP contribution in [0.2, 0.25) is 0 Å². The smallest absolute Gasteiger partial charge is 0.251 e. The second-order valence-electron chi connectivity index (χ2n) is 8.67. The lowest BCUT2D eigenvalue weighted by molar-refractivity contribution is 0.0702. The van der Waals surface area contributed by atoms with Crippen LogP contribution in [0.15, 0.2) is 18.2 Å². The fourth-order valence-electron chi connectivity index (χ4n) is 4.26. The maximum Gasteiger partial charge on any atom is 0.251 e. The van der Waals surface area contributed by atoms with Crippen LogP contribution in [-0.2, 0) is 0 Å². The van der Waals surface area contributed by atoms with Crippen molar-refractivity contribution in [3.8, 4) is 11.5 Å². The molecule has 1 atom stereocenters. The van der Waals surface area contributed by atoms with Crippen molar-refractivity contribution in [1.82, 2.24) is 15.1 Å². The molecule has 1 amide bonds. The van der Waals surface area contributed by atoms with E-state index in [4.69, 9.17) is 9.47 Å². The van der Waals surface area contributed by atoms with Gasteiger partial charge in [0.2, 0.25) is 0 Å². The molecule has 0 aromatic heterocycles. The summed E-state index contributed by atoms with van der Waals surface area (Å²) in [6.45, 7) is 9.46. The number of β-amino-alcohol motifs (C(OH)–C–C–N with tert-alkyl or cyclic N) is 1. The van der Waals surface area contributed by atoms with Gasteiger partial charge >= 0.3 is 0 Å². The third kappa shape index (κ3) is 6.33. The molecule has 2 fully saturated rings. The highest BCUT2D eigenvalue weighted by Crippen LogP contribution is 2.31. The topological polar surface area (TPSA) is 74.3 Å². The number of aliphatic hydroxyl groups excluding tert-OH is 1. The minimum atomic E-state index is -0.247. The summed E-state index contributed by atoms with van der Waals surface area (Å²) in [5.74, 6) is 1.17. The number of benzene rings is 1. The summed E-state index contributed by atoms with van der Waals surface area (Å²) in [7, 11) is 1.62. The van der Waals surface area contributed by atoms with Crippen molar-refractivity contribution in [2.45, 2.75) is 57.8 Å². The van der Waals surface area contributed by atoms with Gasteiger partial charge in [-0.25, -0.2) is 0 Å². The minimum absolute atomic E-state index is 0.116. The van der Waals surface area contributed by atoms with Crippen LogP contribution in [0, 0.1) is 0 Å². The second-order valence-corrected chi connectivity index (χ2v) is 8.67. The minimum Gasteiger partial charge on any atom is -0.493 e. The molecule has 1 aromatic carbocycles. The molecule has 0 spiro atoms. The maximum atomic E-state index is 12.6. The molecular formula is C23H37N3O4. The number of hydrogen-bond donors (Lipinski definition) is 2. The molecule has 3 rings (SSSR count). The summed E-state index contributed by atoms with van der Waals surface area (Å²) in [5.41, 5.74) is 0.573. The van der Waals surface area contributed by atoms with E-state index in [1.807, 2.05) is 0 Å². The van der Waals surface area contributed by atoms with Gasteiger partial charge < -0.3 is 24.8 Å². The van der Waals surface area contributed by atoms with Crippen molar-refractivity contribution in [2.75, 3.05) is 46.4 Å². The Morgan fingerprint density at radius 3 is 2.63 bits per heavy atom. The lowest BCUT2D eigenvalue weighted by atomic mass is 10.1. The monoisotopic (exact) mass is 419 g/mol. The summed E-state index contributed by atoms with van der Waals surface area (Å²) in [4.78, 5) is 17.3. The summed E-state index contributed by atoms with van der Waals surface area (Å²) < 4.78 is 11.7. The van der Waals surface area contributed by atoms with Crippen LogP contribution < -0.4 is 14.8 Å². The quantitative estimate of drug-likeness (QED) is 0.673. The Balaban J connectivity index is 1.53. The van der Waals surface area contributed by atoms with Crippen LogP contribution in [0.1, 0.15) is 49.9 Å². The molecule has 1 aromatic rings. The molecule has 168 valence electrons. The van der Waals surface area contributed by atoms with Gasteiger partial charge in [-0.3, -0.25) is 9.69 Å². The lowest BCUT2D eigenvalue weighted by Gasteiger charge is -2.34. The molecule has 0 radical (unpaired) electrons. The van der Waals surface area contributed by atoms with E-state index in [0.29, 0.717) is 36.2 Å². The number of aliphatic hydroxyl groups is 1. The Morgan fingerprint density at radius 2 is 1.97 bits per heavy atom. The first-order valence-corrected chi connectivity index (χ1v) is 11.2. The van der Waals surface area contributed by atoms with Gasteiger partial charge in [-0.1, -0.05) is 0 Å². The highest BCUT2D eigenvalue weighted by molar-refractivity contribution is 5.94. The third-order valence-electron chi connectivity index (χ3n) is 6.12. The molecule has 2 aliphatic heterocycles. The molecule has 2 N–H and O–H groups in total. The summed E-state index contributed by atoms with van der Waals surface area (Å²) in [6, 6.07) is 5.91. The first-order valence-electron chi connectivity index (χ1n) is 11.2. The highest BCUT2D eigenvalue weighted by Gasteiger charge is 2.23. The Labute approximate surface area is 180 Å². The van der Waals surface area contributed by atoms with Crippen molar-refractivity contribution in [3.05, 3.63) is 23.8 Å². The third-order valence-corrected chi connectivity index (χ3v) is 6.12. The van der Waals surface area contributed by atoms with E-state index < -0.39 is 0 Å². The number of nitrogens with one attached hydrogen (secondary N) is 1. The average molecular weight is 420 g/mol. The van der Waals surface area contributed by atoms with Crippen LogP contribution in [0.5, 0.6) is 11.5 Å². The van der Waals surface area contributed by atoms with Crippen LogP contribution in [0.3, 0.4) is 0 Å². The van der Waals surface area contributed by atoms with Gasteiger partial charge in [0.15, 0.2) is 11.5 Å². The zero-order valence-electron chi connectivity index (χ0n) is 18.6. The van der Waals surface area contributed by atoms with Crippen LogP contribution >= 0.6 is 0 Å². The van der Waals surface area contributed by atoms with Crippen molar-refractivity contribution in [3.63, 3.8) is 0 Å². The van der Waals surface area contributed by atoms with Gasteiger partial charge in [0.05, 0.1) is 13.2 Å². The van der Waals surface area contributed by atoms with E-state index >= 15 is 0 Å². The average Bonchev–Trinajstić information content (AvgIpc) is 2.74. The number of amides is 1. The number of hydrogen-bond acceptors (Lipinski definition) is 6. The number of likely N-dealkylation sites (tertiary alicyclic amines) is 2. The zero-order valence-corrected chi connectivity index (χ0v) is 18.6. The zero-order chi connectivity index (χ0) is 21.5. The Kier molecular flexibility index (Phi) is 8.36. The van der Waals surface area contributed by atoms with Gasteiger partial charge in [-0.2, -0.15) is 0 Å². The van der Waals surface area contributed by atoms with Crippen molar-refractivity contribution in [1.29, 1.82) is 0 Å². The SMILES string of the molecule is COc1ccc(C(=O)NCCN2CCC[C@@H](O)C2)cc1OC1CCN(C(C)C)CC1. The van der Waals surface area contributed by atoms with Crippen LogP contribution in [0.25, 0.3) is 0 Å². The van der Waals surface area contributed by atoms with E-state index in [1.54, 1.807) is 25.3 Å². The second kappa shape index (κ2) is 11.0. The summed E-state index contributed by atoms with van der Waals surface area (Å²) in [5, 5.41) is 12.7. The number of nitrogens with zero attached hydrogens (tertiary/aromatic N) is 2. The van der Waals surface area contributed by atoms with E-state index in [9.17, 15) is 9.90 Å².